The Morgan fingerprint density at radius 1 is 0.968 bits per heavy atom. The van der Waals surface area contributed by atoms with E-state index in [2.05, 4.69) is 32.7 Å². The van der Waals surface area contributed by atoms with Gasteiger partial charge in [0.2, 0.25) is 11.8 Å². The number of hydrogen-bond donors (Lipinski definition) is 0. The van der Waals surface area contributed by atoms with Crippen LogP contribution in [0.4, 0.5) is 9.59 Å². The summed E-state index contributed by atoms with van der Waals surface area (Å²) < 4.78 is 22.5. The molecule has 0 atom stereocenters. The summed E-state index contributed by atoms with van der Waals surface area (Å²) in [6, 6.07) is 3.16. The first kappa shape index (κ1) is 26.2. The van der Waals surface area contributed by atoms with E-state index in [1.54, 1.807) is 53.7 Å². The molecule has 0 amide bonds. The van der Waals surface area contributed by atoms with Crippen LogP contribution in [-0.2, 0) is 9.47 Å². The summed E-state index contributed by atoms with van der Waals surface area (Å²) in [6.07, 6.45) is 3.16. The van der Waals surface area contributed by atoms with Crippen LogP contribution in [0.5, 0.6) is 11.8 Å². The summed E-state index contributed by atoms with van der Waals surface area (Å²) >= 11 is 3.23. The van der Waals surface area contributed by atoms with E-state index < -0.39 is 23.4 Å². The van der Waals surface area contributed by atoms with Gasteiger partial charge in [-0.2, -0.15) is 9.36 Å². The minimum Gasteiger partial charge on any atom is -0.476 e. The van der Waals surface area contributed by atoms with Crippen molar-refractivity contribution in [1.82, 2.24) is 19.6 Å². The molecule has 0 fully saturated rings. The summed E-state index contributed by atoms with van der Waals surface area (Å²) in [4.78, 5) is 23.0. The van der Waals surface area contributed by atoms with E-state index >= 15 is 0 Å². The summed E-state index contributed by atoms with van der Waals surface area (Å²) in [7, 11) is 0. The van der Waals surface area contributed by atoms with Crippen molar-refractivity contribution < 1.29 is 28.5 Å². The Hall–Kier alpha value is -2.82. The highest BCUT2D eigenvalue weighted by molar-refractivity contribution is 9.09. The zero-order chi connectivity index (χ0) is 23.7. The van der Waals surface area contributed by atoms with Gasteiger partial charge < -0.3 is 18.9 Å². The number of carbonyl (C=O) groups excluding carboxylic acids is 2. The quantitative estimate of drug-likeness (QED) is 0.431. The fraction of sp³-hybridized carbons (Fsp3) is 0.500. The average molecular weight is 501 g/mol. The van der Waals surface area contributed by atoms with Crippen LogP contribution in [0.15, 0.2) is 37.4 Å². The van der Waals surface area contributed by atoms with Crippen LogP contribution in [0.3, 0.4) is 0 Å². The maximum Gasteiger partial charge on any atom is 0.435 e. The first-order valence-electron chi connectivity index (χ1n) is 9.39. The third-order valence-corrected chi connectivity index (χ3v) is 3.15. The second-order valence-corrected chi connectivity index (χ2v) is 8.77. The molecule has 0 aliphatic heterocycles. The summed E-state index contributed by atoms with van der Waals surface area (Å²) in [6.45, 7) is 14.7. The zero-order valence-corrected chi connectivity index (χ0v) is 20.2. The second kappa shape index (κ2) is 11.5. The van der Waals surface area contributed by atoms with Crippen molar-refractivity contribution in [3.63, 3.8) is 0 Å². The van der Waals surface area contributed by atoms with Gasteiger partial charge in [0.15, 0.2) is 0 Å². The molecule has 0 radical (unpaired) electrons. The highest BCUT2D eigenvalue weighted by atomic mass is 79.9. The molecule has 2 heterocycles. The van der Waals surface area contributed by atoms with Gasteiger partial charge in [-0.05, 0) is 41.5 Å². The molecule has 172 valence electrons. The molecule has 2 aromatic rings. The van der Waals surface area contributed by atoms with E-state index in [1.807, 2.05) is 0 Å². The normalized spacial score (nSPS) is 11.1. The number of nitrogens with zero attached hydrogens (tertiary/aromatic N) is 4. The molecule has 0 N–H and O–H groups in total. The van der Waals surface area contributed by atoms with Crippen molar-refractivity contribution in [2.75, 3.05) is 11.9 Å². The van der Waals surface area contributed by atoms with Crippen LogP contribution in [0.2, 0.25) is 0 Å². The van der Waals surface area contributed by atoms with E-state index in [0.717, 1.165) is 9.36 Å². The fourth-order valence-electron chi connectivity index (χ4n) is 1.80. The van der Waals surface area contributed by atoms with Crippen molar-refractivity contribution in [1.29, 1.82) is 0 Å². The number of halogens is 1. The lowest BCUT2D eigenvalue weighted by Gasteiger charge is -2.18. The number of alkyl halides is 1. The fourth-order valence-corrected chi connectivity index (χ4v) is 1.97. The van der Waals surface area contributed by atoms with Gasteiger partial charge in [0, 0.05) is 29.9 Å². The highest BCUT2D eigenvalue weighted by Crippen LogP contribution is 2.12. The molecular weight excluding hydrogens is 472 g/mol. The molecule has 2 aromatic heterocycles. The molecule has 0 aliphatic carbocycles. The lowest BCUT2D eigenvalue weighted by molar-refractivity contribution is 0.0501. The van der Waals surface area contributed by atoms with Crippen molar-refractivity contribution in [2.24, 2.45) is 0 Å². The van der Waals surface area contributed by atoms with Gasteiger partial charge in [0.05, 0.1) is 12.9 Å². The van der Waals surface area contributed by atoms with Gasteiger partial charge in [-0.1, -0.05) is 22.5 Å². The number of aromatic nitrogens is 4. The lowest BCUT2D eigenvalue weighted by Crippen LogP contribution is -2.27. The van der Waals surface area contributed by atoms with Gasteiger partial charge in [-0.25, -0.2) is 9.59 Å². The first-order valence-corrected chi connectivity index (χ1v) is 10.5. The summed E-state index contributed by atoms with van der Waals surface area (Å²) in [5.41, 5.74) is -1.07. The van der Waals surface area contributed by atoms with Crippen LogP contribution in [0.1, 0.15) is 41.5 Å². The second-order valence-electron chi connectivity index (χ2n) is 7.98. The van der Waals surface area contributed by atoms with Crippen LogP contribution >= 0.6 is 15.9 Å². The minimum absolute atomic E-state index is 0.302. The predicted molar refractivity (Wildman–Crippen MR) is 118 cm³/mol. The number of rotatable bonds is 5. The van der Waals surface area contributed by atoms with Gasteiger partial charge in [-0.3, -0.25) is 0 Å². The average Bonchev–Trinajstić information content (AvgIpc) is 3.27. The minimum atomic E-state index is -0.540. The monoisotopic (exact) mass is 500 g/mol. The molecule has 31 heavy (non-hydrogen) atoms. The molecule has 0 unspecified atom stereocenters. The van der Waals surface area contributed by atoms with E-state index in [9.17, 15) is 9.59 Å². The Kier molecular flexibility index (Phi) is 9.76. The van der Waals surface area contributed by atoms with Gasteiger partial charge in [0.1, 0.15) is 11.2 Å². The molecule has 0 aromatic carbocycles. The summed E-state index contributed by atoms with van der Waals surface area (Å²) in [5.74, 6) is 0.709. The van der Waals surface area contributed by atoms with Crippen LogP contribution in [-0.4, -0.2) is 54.9 Å². The third-order valence-electron chi connectivity index (χ3n) is 2.82. The molecular formula is C20H29BrN4O6. The number of hydrogen-bond acceptors (Lipinski definition) is 8. The predicted octanol–water partition coefficient (Wildman–Crippen LogP) is 4.63. The van der Waals surface area contributed by atoms with Crippen LogP contribution < -0.4 is 9.47 Å². The largest absolute Gasteiger partial charge is 0.476 e. The lowest BCUT2D eigenvalue weighted by atomic mass is 10.2. The maximum atomic E-state index is 11.6. The standard InChI is InChI=1S/C10H15BrN2O3.C10H14N2O3/c1-10(2,3)16-9(14)13-6-4-8(12-13)15-7-5-11;1-5-14-8-6-7-12(11-8)9(13)15-10(2,3)4/h4,6H,5,7H2,1-3H3;5-7H,1H2,2-4H3. The van der Waals surface area contributed by atoms with Crippen molar-refractivity contribution in [2.45, 2.75) is 52.7 Å². The van der Waals surface area contributed by atoms with Crippen LogP contribution in [0.25, 0.3) is 0 Å². The van der Waals surface area contributed by atoms with Gasteiger partial charge >= 0.3 is 12.2 Å². The maximum absolute atomic E-state index is 11.6. The summed E-state index contributed by atoms with van der Waals surface area (Å²) in [5, 5.41) is 8.48. The Morgan fingerprint density at radius 2 is 1.42 bits per heavy atom. The van der Waals surface area contributed by atoms with Gasteiger partial charge in [-0.15, -0.1) is 10.2 Å². The topological polar surface area (TPSA) is 107 Å². The molecule has 2 rings (SSSR count). The van der Waals surface area contributed by atoms with Crippen molar-refractivity contribution in [3.05, 3.63) is 37.4 Å². The zero-order valence-electron chi connectivity index (χ0n) is 18.6. The number of ether oxygens (including phenoxy) is 4. The SMILES string of the molecule is C=COc1ccn(C(=O)OC(C)(C)C)n1.CC(C)(C)OC(=O)n1ccc(OCCBr)n1. The Bertz CT molecular complexity index is 864. The van der Waals surface area contributed by atoms with Crippen molar-refractivity contribution >= 4 is 28.1 Å². The molecule has 10 nitrogen and oxygen atoms in total. The molecule has 0 saturated heterocycles. The van der Waals surface area contributed by atoms with Crippen molar-refractivity contribution in [3.8, 4) is 11.8 Å². The van der Waals surface area contributed by atoms with E-state index in [1.165, 1.54) is 18.7 Å². The molecule has 0 aliphatic rings. The Labute approximate surface area is 190 Å². The molecule has 0 spiro atoms. The van der Waals surface area contributed by atoms with Gasteiger partial charge in [0.25, 0.3) is 0 Å². The smallest absolute Gasteiger partial charge is 0.435 e. The highest BCUT2D eigenvalue weighted by Gasteiger charge is 2.19. The third kappa shape index (κ3) is 10.7. The Morgan fingerprint density at radius 3 is 1.84 bits per heavy atom. The van der Waals surface area contributed by atoms with E-state index in [0.29, 0.717) is 23.7 Å². The molecule has 0 saturated carbocycles. The van der Waals surface area contributed by atoms with E-state index in [-0.39, 0.29) is 0 Å². The Balaban J connectivity index is 0.000000311. The molecule has 0 bridgehead atoms. The van der Waals surface area contributed by atoms with Crippen LogP contribution in [0, 0.1) is 0 Å². The first-order chi connectivity index (χ1) is 14.3. The van der Waals surface area contributed by atoms with E-state index in [4.69, 9.17) is 18.9 Å². The molecule has 11 heteroatoms. The number of carbonyl (C=O) groups is 2.